The van der Waals surface area contributed by atoms with E-state index >= 15 is 0 Å². The smallest absolute Gasteiger partial charge is 0.346 e. The second kappa shape index (κ2) is 17.8. The summed E-state index contributed by atoms with van der Waals surface area (Å²) in [5.41, 5.74) is 6.38. The molecule has 5 nitrogen and oxygen atoms in total. The van der Waals surface area contributed by atoms with Crippen molar-refractivity contribution in [2.24, 2.45) is 0 Å². The van der Waals surface area contributed by atoms with E-state index in [0.717, 1.165) is 104 Å². The number of unbranched alkanes of at least 4 members (excludes halogenated alkanes) is 3. The van der Waals surface area contributed by atoms with Gasteiger partial charge in [0.05, 0.1) is 11.4 Å². The molecule has 0 unspecified atom stereocenters. The maximum Gasteiger partial charge on any atom is 0.346 e. The van der Waals surface area contributed by atoms with E-state index in [9.17, 15) is 23.9 Å². The highest BCUT2D eigenvalue weighted by atomic mass is 32.1. The van der Waals surface area contributed by atoms with E-state index in [-0.39, 0.29) is 17.2 Å². The minimum Gasteiger partial charge on any atom is -0.477 e. The van der Waals surface area contributed by atoms with Crippen LogP contribution >= 0.6 is 11.3 Å². The van der Waals surface area contributed by atoms with Crippen LogP contribution in [0.4, 0.5) is 42.9 Å². The number of benzene rings is 7. The van der Waals surface area contributed by atoms with Crippen LogP contribution in [0.2, 0.25) is 0 Å². The molecule has 0 radical (unpaired) electrons. The van der Waals surface area contributed by atoms with Crippen molar-refractivity contribution in [3.63, 3.8) is 0 Å². The highest BCUT2D eigenvalue weighted by Gasteiger charge is 2.23. The second-order valence-electron chi connectivity index (χ2n) is 14.6. The number of anilines is 6. The van der Waals surface area contributed by atoms with Gasteiger partial charge in [0, 0.05) is 43.3 Å². The molecule has 0 fully saturated rings. The third-order valence-electron chi connectivity index (χ3n) is 10.6. The highest BCUT2D eigenvalue weighted by Crippen LogP contribution is 2.47. The third-order valence-corrected chi connectivity index (χ3v) is 11.8. The maximum atomic E-state index is 14.6. The monoisotopic (exact) mass is 809 g/mol. The predicted octanol–water partition coefficient (Wildman–Crippen LogP) is 15.1. The number of carbonyl (C=O) groups is 1. The molecule has 1 aromatic heterocycles. The fraction of sp³-hybridized carbons (Fsp3) is 0.115. The van der Waals surface area contributed by atoms with Gasteiger partial charge in [-0.1, -0.05) is 99.0 Å². The standard InChI is InChI=1S/C52H41F2N3O2S/c1-2-3-4-5-14-37-31-46(32-39(34-55)52(58)59)60-51(37)38-29-44(56(42-25-21-40(53)22-26-42)49-19-10-15-35-12-6-8-17-47(35)49)33-45(30-38)57(43-27-23-41(54)24-28-43)50-20-11-16-36-13-7-9-18-48(36)50/h6-13,15-33H,2-5,14H2,1H3,(H,58,59)/b39-32-. The lowest BCUT2D eigenvalue weighted by molar-refractivity contribution is -0.132. The largest absolute Gasteiger partial charge is 0.477 e. The first kappa shape index (κ1) is 39.7. The summed E-state index contributed by atoms with van der Waals surface area (Å²) in [5, 5.41) is 23.6. The molecule has 60 heavy (non-hydrogen) atoms. The number of hydrogen-bond donors (Lipinski definition) is 1. The van der Waals surface area contributed by atoms with Crippen LogP contribution in [-0.2, 0) is 11.2 Å². The maximum absolute atomic E-state index is 14.6. The summed E-state index contributed by atoms with van der Waals surface area (Å²) < 4.78 is 29.3. The van der Waals surface area contributed by atoms with Crippen LogP contribution in [0.5, 0.6) is 0 Å². The number of nitriles is 1. The van der Waals surface area contributed by atoms with Crippen LogP contribution in [0, 0.1) is 23.0 Å². The van der Waals surface area contributed by atoms with Crippen LogP contribution < -0.4 is 9.80 Å². The molecule has 7 aromatic carbocycles. The fourth-order valence-corrected chi connectivity index (χ4v) is 8.94. The lowest BCUT2D eigenvalue weighted by Crippen LogP contribution is -2.14. The molecule has 0 saturated heterocycles. The van der Waals surface area contributed by atoms with Crippen LogP contribution in [0.15, 0.2) is 163 Å². The summed E-state index contributed by atoms with van der Waals surface area (Å²) >= 11 is 1.44. The van der Waals surface area contributed by atoms with Gasteiger partial charge in [-0.25, -0.2) is 13.6 Å². The summed E-state index contributed by atoms with van der Waals surface area (Å²) in [6, 6.07) is 51.7. The van der Waals surface area contributed by atoms with E-state index in [1.54, 1.807) is 24.3 Å². The minimum atomic E-state index is -1.28. The molecule has 1 N–H and O–H groups in total. The van der Waals surface area contributed by atoms with Gasteiger partial charge in [0.2, 0.25) is 0 Å². The zero-order valence-electron chi connectivity index (χ0n) is 33.0. The molecule has 8 aromatic rings. The average Bonchev–Trinajstić information content (AvgIpc) is 3.68. The molecule has 0 atom stereocenters. The van der Waals surface area contributed by atoms with Crippen LogP contribution in [0.25, 0.3) is 38.1 Å². The predicted molar refractivity (Wildman–Crippen MR) is 243 cm³/mol. The highest BCUT2D eigenvalue weighted by molar-refractivity contribution is 7.16. The van der Waals surface area contributed by atoms with Crippen LogP contribution in [0.1, 0.15) is 43.0 Å². The van der Waals surface area contributed by atoms with Gasteiger partial charge in [-0.2, -0.15) is 5.26 Å². The molecule has 0 amide bonds. The van der Waals surface area contributed by atoms with Gasteiger partial charge in [0.25, 0.3) is 0 Å². The number of carboxylic acids is 1. The fourth-order valence-electron chi connectivity index (χ4n) is 7.80. The van der Waals surface area contributed by atoms with Gasteiger partial charge >= 0.3 is 5.97 Å². The summed E-state index contributed by atoms with van der Waals surface area (Å²) in [7, 11) is 0. The van der Waals surface area contributed by atoms with Gasteiger partial charge < -0.3 is 14.9 Å². The Balaban J connectivity index is 1.45. The average molecular weight is 810 g/mol. The number of hydrogen-bond acceptors (Lipinski definition) is 5. The Bertz CT molecular complexity index is 2740. The quantitative estimate of drug-likeness (QED) is 0.0673. The van der Waals surface area contributed by atoms with Crippen molar-refractivity contribution < 1.29 is 18.7 Å². The first-order chi connectivity index (χ1) is 29.3. The lowest BCUT2D eigenvalue weighted by Gasteiger charge is -2.31. The van der Waals surface area contributed by atoms with Crippen molar-refractivity contribution in [2.45, 2.75) is 39.0 Å². The molecule has 296 valence electrons. The first-order valence-electron chi connectivity index (χ1n) is 20.0. The zero-order chi connectivity index (χ0) is 41.6. The van der Waals surface area contributed by atoms with E-state index in [0.29, 0.717) is 4.88 Å². The number of thiophene rings is 1. The number of rotatable bonds is 14. The second-order valence-corrected chi connectivity index (χ2v) is 15.7. The Morgan fingerprint density at radius 2 is 1.17 bits per heavy atom. The number of carboxylic acid groups (broad SMARTS) is 1. The summed E-state index contributed by atoms with van der Waals surface area (Å²) in [6.07, 6.45) is 6.36. The zero-order valence-corrected chi connectivity index (χ0v) is 33.8. The van der Waals surface area contributed by atoms with Gasteiger partial charge in [-0.15, -0.1) is 11.3 Å². The van der Waals surface area contributed by atoms with Gasteiger partial charge in [-0.3, -0.25) is 0 Å². The van der Waals surface area contributed by atoms with Gasteiger partial charge in [-0.05, 0) is 126 Å². The van der Waals surface area contributed by atoms with E-state index < -0.39 is 5.97 Å². The molecule has 1 heterocycles. The van der Waals surface area contributed by atoms with Crippen molar-refractivity contribution in [1.29, 1.82) is 5.26 Å². The third kappa shape index (κ3) is 8.40. The van der Waals surface area contributed by atoms with Gasteiger partial charge in [0.1, 0.15) is 23.3 Å². The molecule has 8 rings (SSSR count). The lowest BCUT2D eigenvalue weighted by atomic mass is 10.00. The molecule has 0 saturated carbocycles. The topological polar surface area (TPSA) is 67.6 Å². The number of halogens is 2. The molecular formula is C52H41F2N3O2S. The molecule has 8 heteroatoms. The number of nitrogens with zero attached hydrogens (tertiary/aromatic N) is 3. The molecule has 0 aliphatic heterocycles. The van der Waals surface area contributed by atoms with E-state index in [1.165, 1.54) is 41.7 Å². The first-order valence-corrected chi connectivity index (χ1v) is 20.8. The van der Waals surface area contributed by atoms with Crippen LogP contribution in [0.3, 0.4) is 0 Å². The van der Waals surface area contributed by atoms with Crippen molar-refractivity contribution in [1.82, 2.24) is 0 Å². The SMILES string of the molecule is CCCCCCc1cc(/C=C(/C#N)C(=O)O)sc1-c1cc(N(c2ccc(F)cc2)c2cccc3ccccc23)cc(N(c2ccc(F)cc2)c2cccc3ccccc23)c1. The van der Waals surface area contributed by atoms with Gasteiger partial charge in [0.15, 0.2) is 0 Å². The van der Waals surface area contributed by atoms with Crippen molar-refractivity contribution in [2.75, 3.05) is 9.80 Å². The Morgan fingerprint density at radius 3 is 1.67 bits per heavy atom. The number of fused-ring (bicyclic) bond motifs is 2. The molecule has 0 aliphatic carbocycles. The van der Waals surface area contributed by atoms with E-state index in [2.05, 4.69) is 83.5 Å². The Kier molecular flexibility index (Phi) is 11.8. The molecule has 0 aliphatic rings. The normalized spacial score (nSPS) is 11.5. The molecule has 0 spiro atoms. The minimum absolute atomic E-state index is 0.341. The van der Waals surface area contributed by atoms with Crippen molar-refractivity contribution in [3.05, 3.63) is 185 Å². The Hall–Kier alpha value is -7.08. The molecular weight excluding hydrogens is 769 g/mol. The summed E-state index contributed by atoms with van der Waals surface area (Å²) in [5.74, 6) is -1.99. The Morgan fingerprint density at radius 1 is 0.650 bits per heavy atom. The van der Waals surface area contributed by atoms with Crippen molar-refractivity contribution >= 4 is 79.1 Å². The van der Waals surface area contributed by atoms with Crippen LogP contribution in [-0.4, -0.2) is 11.1 Å². The summed E-state index contributed by atoms with van der Waals surface area (Å²) in [4.78, 5) is 17.9. The molecule has 0 bridgehead atoms. The Labute approximate surface area is 352 Å². The van der Waals surface area contributed by atoms with Crippen molar-refractivity contribution in [3.8, 4) is 16.5 Å². The number of aryl methyl sites for hydroxylation is 1. The number of aliphatic carboxylic acids is 1. The van der Waals surface area contributed by atoms with E-state index in [4.69, 9.17) is 0 Å². The summed E-state index contributed by atoms with van der Waals surface area (Å²) in [6.45, 7) is 2.17. The van der Waals surface area contributed by atoms with E-state index in [1.807, 2.05) is 48.5 Å².